The van der Waals surface area contributed by atoms with Gasteiger partial charge in [0.1, 0.15) is 0 Å². The number of phosphoric acid groups is 1. The van der Waals surface area contributed by atoms with Crippen molar-refractivity contribution in [2.75, 3.05) is 13.2 Å². The van der Waals surface area contributed by atoms with Crippen LogP contribution in [0.4, 0.5) is 0 Å². The van der Waals surface area contributed by atoms with Crippen LogP contribution < -0.4 is 0 Å². The van der Waals surface area contributed by atoms with Crippen LogP contribution in [-0.2, 0) is 13.6 Å². The van der Waals surface area contributed by atoms with Crippen LogP contribution in [0, 0.1) is 0 Å². The van der Waals surface area contributed by atoms with Gasteiger partial charge in [0.05, 0.1) is 13.2 Å². The highest BCUT2D eigenvalue weighted by atomic mass is 31.2. The van der Waals surface area contributed by atoms with Gasteiger partial charge in [0.2, 0.25) is 0 Å². The SMILES string of the molecule is C1CCC1.CCCCOP(=O)(O)OCCCC.P. The van der Waals surface area contributed by atoms with Crippen molar-refractivity contribution >= 4 is 17.7 Å². The molecule has 6 heteroatoms. The molecule has 0 saturated heterocycles. The Kier molecular flexibility index (Phi) is 16.2. The van der Waals surface area contributed by atoms with Crippen molar-refractivity contribution in [2.24, 2.45) is 0 Å². The van der Waals surface area contributed by atoms with E-state index < -0.39 is 7.82 Å². The molecule has 0 radical (unpaired) electrons. The average Bonchev–Trinajstić information content (AvgIpc) is 2.15. The summed E-state index contributed by atoms with van der Waals surface area (Å²) in [6.45, 7) is 4.56. The summed E-state index contributed by atoms with van der Waals surface area (Å²) in [6.07, 6.45) is 9.44. The van der Waals surface area contributed by atoms with E-state index in [0.29, 0.717) is 0 Å². The van der Waals surface area contributed by atoms with Gasteiger partial charge in [0.15, 0.2) is 0 Å². The van der Waals surface area contributed by atoms with Crippen molar-refractivity contribution in [1.29, 1.82) is 0 Å². The van der Waals surface area contributed by atoms with Gasteiger partial charge >= 0.3 is 7.82 Å². The maximum absolute atomic E-state index is 11.1. The first-order valence-electron chi connectivity index (χ1n) is 6.74. The zero-order chi connectivity index (χ0) is 13.0. The summed E-state index contributed by atoms with van der Waals surface area (Å²) in [6, 6.07) is 0. The molecule has 1 aliphatic rings. The molecule has 1 N–H and O–H groups in total. The molecular weight excluding hydrogens is 270 g/mol. The maximum Gasteiger partial charge on any atom is 0.472 e. The van der Waals surface area contributed by atoms with Crippen LogP contribution in [0.15, 0.2) is 0 Å². The summed E-state index contributed by atoms with van der Waals surface area (Å²) < 4.78 is 20.5. The van der Waals surface area contributed by atoms with E-state index >= 15 is 0 Å². The molecule has 0 heterocycles. The molecule has 0 aromatic carbocycles. The van der Waals surface area contributed by atoms with Crippen LogP contribution in [0.2, 0.25) is 0 Å². The monoisotopic (exact) mass is 300 g/mol. The minimum atomic E-state index is -3.75. The summed E-state index contributed by atoms with van der Waals surface area (Å²) >= 11 is 0. The number of unbranched alkanes of at least 4 members (excludes halogenated alkanes) is 2. The first-order chi connectivity index (χ1) is 8.12. The highest BCUT2D eigenvalue weighted by molar-refractivity contribution is 7.47. The van der Waals surface area contributed by atoms with Gasteiger partial charge in [0.25, 0.3) is 0 Å². The minimum absolute atomic E-state index is 0. The molecule has 1 aliphatic carbocycles. The molecule has 0 bridgehead atoms. The lowest BCUT2D eigenvalue weighted by molar-refractivity contribution is 0.146. The molecule has 1 saturated carbocycles. The average molecular weight is 300 g/mol. The second-order valence-corrected chi connectivity index (χ2v) is 5.71. The Balaban J connectivity index is 0. The first-order valence-corrected chi connectivity index (χ1v) is 8.23. The molecule has 1 rings (SSSR count). The van der Waals surface area contributed by atoms with Crippen molar-refractivity contribution < 1.29 is 18.5 Å². The highest BCUT2D eigenvalue weighted by Crippen LogP contribution is 2.43. The third-order valence-electron chi connectivity index (χ3n) is 2.50. The van der Waals surface area contributed by atoms with Crippen LogP contribution in [-0.4, -0.2) is 18.1 Å². The van der Waals surface area contributed by atoms with Gasteiger partial charge < -0.3 is 4.89 Å². The summed E-state index contributed by atoms with van der Waals surface area (Å²) in [5.74, 6) is 0. The summed E-state index contributed by atoms with van der Waals surface area (Å²) in [5.41, 5.74) is 0. The lowest BCUT2D eigenvalue weighted by atomic mass is 10.0. The molecule has 0 aromatic heterocycles. The van der Waals surface area contributed by atoms with Gasteiger partial charge in [-0.15, -0.1) is 0 Å². The predicted molar refractivity (Wildman–Crippen MR) is 81.1 cm³/mol. The number of hydrogen-bond acceptors (Lipinski definition) is 3. The Labute approximate surface area is 115 Å². The van der Waals surface area contributed by atoms with Crippen LogP contribution in [0.1, 0.15) is 65.2 Å². The molecule has 0 aromatic rings. The quantitative estimate of drug-likeness (QED) is 0.535. The topological polar surface area (TPSA) is 55.8 Å². The fourth-order valence-electron chi connectivity index (χ4n) is 0.936. The van der Waals surface area contributed by atoms with Crippen molar-refractivity contribution in [3.63, 3.8) is 0 Å². The Morgan fingerprint density at radius 3 is 1.50 bits per heavy atom. The number of phosphoric ester groups is 1. The lowest BCUT2D eigenvalue weighted by Gasteiger charge is -2.10. The molecule has 18 heavy (non-hydrogen) atoms. The maximum atomic E-state index is 11.1. The summed E-state index contributed by atoms with van der Waals surface area (Å²) in [5, 5.41) is 0. The lowest BCUT2D eigenvalue weighted by Crippen LogP contribution is -1.98. The van der Waals surface area contributed by atoms with E-state index in [0.717, 1.165) is 25.7 Å². The normalized spacial score (nSPS) is 13.9. The van der Waals surface area contributed by atoms with E-state index in [1.54, 1.807) is 0 Å². The van der Waals surface area contributed by atoms with E-state index in [2.05, 4.69) is 0 Å². The third-order valence-corrected chi connectivity index (χ3v) is 3.52. The van der Waals surface area contributed by atoms with Gasteiger partial charge in [0, 0.05) is 0 Å². The second-order valence-electron chi connectivity index (χ2n) is 4.26. The zero-order valence-electron chi connectivity index (χ0n) is 11.9. The predicted octanol–water partition coefficient (Wildman–Crippen LogP) is 4.34. The molecule has 4 nitrogen and oxygen atoms in total. The molecule has 1 unspecified atom stereocenters. The summed E-state index contributed by atoms with van der Waals surface area (Å²) in [4.78, 5) is 9.08. The van der Waals surface area contributed by atoms with Crippen molar-refractivity contribution in [3.05, 3.63) is 0 Å². The molecule has 0 spiro atoms. The first kappa shape index (κ1) is 20.8. The van der Waals surface area contributed by atoms with Gasteiger partial charge in [-0.25, -0.2) is 4.57 Å². The Morgan fingerprint density at radius 1 is 0.944 bits per heavy atom. The van der Waals surface area contributed by atoms with E-state index in [1.807, 2.05) is 13.8 Å². The molecular formula is C12H30O4P2. The van der Waals surface area contributed by atoms with Crippen molar-refractivity contribution in [2.45, 2.75) is 65.2 Å². The highest BCUT2D eigenvalue weighted by Gasteiger charge is 2.19. The van der Waals surface area contributed by atoms with Gasteiger partial charge in [-0.2, -0.15) is 9.90 Å². The van der Waals surface area contributed by atoms with Crippen LogP contribution in [0.25, 0.3) is 0 Å². The summed E-state index contributed by atoms with van der Waals surface area (Å²) in [7, 11) is -3.75. The van der Waals surface area contributed by atoms with Crippen LogP contribution in [0.3, 0.4) is 0 Å². The zero-order valence-corrected chi connectivity index (χ0v) is 14.2. The van der Waals surface area contributed by atoms with Gasteiger partial charge in [-0.1, -0.05) is 52.4 Å². The molecule has 112 valence electrons. The van der Waals surface area contributed by atoms with Crippen LogP contribution in [0.5, 0.6) is 0 Å². The molecule has 0 aliphatic heterocycles. The van der Waals surface area contributed by atoms with Crippen LogP contribution >= 0.6 is 17.7 Å². The Hall–Kier alpha value is 0.540. The van der Waals surface area contributed by atoms with Crippen molar-refractivity contribution in [3.8, 4) is 0 Å². The molecule has 1 fully saturated rings. The fourth-order valence-corrected chi connectivity index (χ4v) is 1.73. The van der Waals surface area contributed by atoms with Gasteiger partial charge in [-0.05, 0) is 12.8 Å². The van der Waals surface area contributed by atoms with Gasteiger partial charge in [-0.3, -0.25) is 9.05 Å². The van der Waals surface area contributed by atoms with E-state index in [4.69, 9.17) is 13.9 Å². The Morgan fingerprint density at radius 2 is 1.28 bits per heavy atom. The minimum Gasteiger partial charge on any atom is -0.302 e. The van der Waals surface area contributed by atoms with E-state index in [9.17, 15) is 4.57 Å². The number of rotatable bonds is 8. The number of hydrogen-bond donors (Lipinski definition) is 1. The fraction of sp³-hybridized carbons (Fsp3) is 1.00. The second kappa shape index (κ2) is 14.0. The smallest absolute Gasteiger partial charge is 0.302 e. The third kappa shape index (κ3) is 14.6. The molecule has 0 amide bonds. The van der Waals surface area contributed by atoms with E-state index in [-0.39, 0.29) is 23.1 Å². The van der Waals surface area contributed by atoms with Crippen molar-refractivity contribution in [1.82, 2.24) is 0 Å². The largest absolute Gasteiger partial charge is 0.472 e. The van der Waals surface area contributed by atoms with E-state index in [1.165, 1.54) is 25.7 Å². The molecule has 1 atom stereocenters. The standard InChI is InChI=1S/C8H19O4P.C4H8.H3P/c1-3-5-7-11-13(9,10)12-8-6-4-2;1-2-4-3-1;/h3-8H2,1-2H3,(H,9,10);1-4H2;1H3. The Bertz CT molecular complexity index is 190.